The van der Waals surface area contributed by atoms with Crippen LogP contribution in [0.5, 0.6) is 0 Å². The summed E-state index contributed by atoms with van der Waals surface area (Å²) >= 11 is 6.05. The molecule has 0 spiro atoms. The average molecular weight is 437 g/mol. The summed E-state index contributed by atoms with van der Waals surface area (Å²) in [5.74, 6) is 0.0569. The minimum Gasteiger partial charge on any atom is -0.465 e. The first-order valence-electron chi connectivity index (χ1n) is 9.51. The number of nitrogens with zero attached hydrogens (tertiary/aromatic N) is 1. The Hall–Kier alpha value is -2.09. The summed E-state index contributed by atoms with van der Waals surface area (Å²) in [5.41, 5.74) is 2.11. The van der Waals surface area contributed by atoms with Crippen molar-refractivity contribution in [2.45, 2.75) is 31.2 Å². The first-order valence-corrected chi connectivity index (χ1v) is 11.4. The molecule has 1 fully saturated rings. The van der Waals surface area contributed by atoms with Gasteiger partial charge in [0, 0.05) is 25.3 Å². The highest BCUT2D eigenvalue weighted by Crippen LogP contribution is 2.25. The first kappa shape index (κ1) is 21.6. The topological polar surface area (TPSA) is 75.7 Å². The van der Waals surface area contributed by atoms with Crippen molar-refractivity contribution in [3.63, 3.8) is 0 Å². The van der Waals surface area contributed by atoms with Crippen LogP contribution in [0.2, 0.25) is 5.02 Å². The van der Waals surface area contributed by atoms with Gasteiger partial charge >= 0.3 is 5.97 Å². The van der Waals surface area contributed by atoms with E-state index in [0.717, 1.165) is 24.3 Å². The molecule has 8 heteroatoms. The number of anilines is 1. The number of esters is 1. The van der Waals surface area contributed by atoms with E-state index >= 15 is 0 Å². The van der Waals surface area contributed by atoms with E-state index in [2.05, 4.69) is 21.3 Å². The highest BCUT2D eigenvalue weighted by atomic mass is 35.5. The number of ether oxygens (including phenoxy) is 1. The summed E-state index contributed by atoms with van der Waals surface area (Å²) in [4.78, 5) is 13.9. The van der Waals surface area contributed by atoms with Crippen molar-refractivity contribution in [3.8, 4) is 0 Å². The first-order chi connectivity index (χ1) is 13.8. The Morgan fingerprint density at radius 2 is 1.97 bits per heavy atom. The van der Waals surface area contributed by atoms with Gasteiger partial charge in [-0.2, -0.15) is 0 Å². The van der Waals surface area contributed by atoms with Crippen LogP contribution >= 0.6 is 11.6 Å². The fourth-order valence-corrected chi connectivity index (χ4v) is 5.00. The van der Waals surface area contributed by atoms with Crippen molar-refractivity contribution in [3.05, 3.63) is 58.6 Å². The van der Waals surface area contributed by atoms with Gasteiger partial charge in [-0.1, -0.05) is 30.7 Å². The summed E-state index contributed by atoms with van der Waals surface area (Å²) < 4.78 is 32.6. The molecule has 0 bridgehead atoms. The second-order valence-corrected chi connectivity index (χ2v) is 9.46. The average Bonchev–Trinajstić information content (AvgIpc) is 2.72. The third-order valence-electron chi connectivity index (χ3n) is 5.07. The number of rotatable bonds is 6. The molecule has 2 aromatic carbocycles. The van der Waals surface area contributed by atoms with Crippen molar-refractivity contribution in [2.75, 3.05) is 25.1 Å². The van der Waals surface area contributed by atoms with Crippen molar-refractivity contribution >= 4 is 33.3 Å². The summed E-state index contributed by atoms with van der Waals surface area (Å²) in [5, 5.41) is 0.0414. The van der Waals surface area contributed by atoms with Gasteiger partial charge in [-0.3, -0.25) is 0 Å². The summed E-state index contributed by atoms with van der Waals surface area (Å²) in [7, 11) is -2.66. The van der Waals surface area contributed by atoms with E-state index < -0.39 is 16.0 Å². The van der Waals surface area contributed by atoms with Crippen LogP contribution in [0.1, 0.15) is 35.7 Å². The minimum absolute atomic E-state index is 0.0414. The number of carbonyl (C=O) groups excluding carboxylic acids is 1. The largest absolute Gasteiger partial charge is 0.465 e. The number of hydrogen-bond acceptors (Lipinski definition) is 5. The van der Waals surface area contributed by atoms with Crippen molar-refractivity contribution in [1.82, 2.24) is 4.72 Å². The van der Waals surface area contributed by atoms with Gasteiger partial charge in [0.1, 0.15) is 4.90 Å². The van der Waals surface area contributed by atoms with Crippen LogP contribution < -0.4 is 9.62 Å². The number of hydrogen-bond donors (Lipinski definition) is 1. The maximum Gasteiger partial charge on any atom is 0.337 e. The van der Waals surface area contributed by atoms with Crippen molar-refractivity contribution in [2.24, 2.45) is 5.92 Å². The molecule has 0 unspecified atom stereocenters. The van der Waals surface area contributed by atoms with Crippen LogP contribution in [0, 0.1) is 5.92 Å². The van der Waals surface area contributed by atoms with Gasteiger partial charge in [0.25, 0.3) is 0 Å². The Bertz CT molecular complexity index is 977. The molecule has 1 aliphatic heterocycles. The fourth-order valence-electron chi connectivity index (χ4n) is 3.46. The molecule has 0 radical (unpaired) electrons. The van der Waals surface area contributed by atoms with Gasteiger partial charge in [-0.25, -0.2) is 17.9 Å². The van der Waals surface area contributed by atoms with E-state index in [9.17, 15) is 13.2 Å². The van der Waals surface area contributed by atoms with Crippen LogP contribution in [-0.4, -0.2) is 34.6 Å². The molecule has 2 aromatic rings. The molecule has 1 aliphatic rings. The zero-order chi connectivity index (χ0) is 21.0. The molecule has 1 atom stereocenters. The quantitative estimate of drug-likeness (QED) is 0.696. The Morgan fingerprint density at radius 3 is 2.62 bits per heavy atom. The molecule has 0 aliphatic carbocycles. The van der Waals surface area contributed by atoms with Crippen LogP contribution in [0.3, 0.4) is 0 Å². The van der Waals surface area contributed by atoms with Gasteiger partial charge < -0.3 is 9.64 Å². The molecule has 1 heterocycles. The van der Waals surface area contributed by atoms with Crippen LogP contribution in [0.15, 0.2) is 47.4 Å². The third-order valence-corrected chi connectivity index (χ3v) is 6.95. The predicted octanol–water partition coefficient (Wildman–Crippen LogP) is 3.84. The lowest BCUT2D eigenvalue weighted by atomic mass is 9.99. The summed E-state index contributed by atoms with van der Waals surface area (Å²) in [6.45, 7) is 4.47. The summed E-state index contributed by atoms with van der Waals surface area (Å²) in [6, 6.07) is 11.9. The van der Waals surface area contributed by atoms with Gasteiger partial charge in [-0.15, -0.1) is 0 Å². The van der Waals surface area contributed by atoms with Crippen molar-refractivity contribution in [1.29, 1.82) is 0 Å². The summed E-state index contributed by atoms with van der Waals surface area (Å²) in [6.07, 6.45) is 2.45. The Kier molecular flexibility index (Phi) is 6.82. The van der Waals surface area contributed by atoms with Gasteiger partial charge in [-0.05, 0) is 54.7 Å². The number of sulfonamides is 1. The van der Waals surface area contributed by atoms with E-state index in [-0.39, 0.29) is 22.0 Å². The molecule has 29 heavy (non-hydrogen) atoms. The molecular weight excluding hydrogens is 412 g/mol. The van der Waals surface area contributed by atoms with Crippen molar-refractivity contribution < 1.29 is 17.9 Å². The maximum atomic E-state index is 12.7. The predicted molar refractivity (Wildman–Crippen MR) is 114 cm³/mol. The standard InChI is InChI=1S/C21H25ClN2O4S/c1-15-4-3-11-24(14-15)18-8-5-16(6-9-18)13-23-29(26,27)20-12-17(21(25)28-2)7-10-19(20)22/h5-10,12,15,23H,3-4,11,13-14H2,1-2H3/t15-/m0/s1. The molecule has 0 amide bonds. The lowest BCUT2D eigenvalue weighted by molar-refractivity contribution is 0.0600. The number of nitrogens with one attached hydrogen (secondary N) is 1. The molecule has 0 aromatic heterocycles. The molecule has 6 nitrogen and oxygen atoms in total. The Morgan fingerprint density at radius 1 is 1.24 bits per heavy atom. The number of carbonyl (C=O) groups is 1. The number of piperidine rings is 1. The number of methoxy groups -OCH3 is 1. The van der Waals surface area contributed by atoms with E-state index in [0.29, 0.717) is 5.92 Å². The highest BCUT2D eigenvalue weighted by molar-refractivity contribution is 7.89. The monoisotopic (exact) mass is 436 g/mol. The fraction of sp³-hybridized carbons (Fsp3) is 0.381. The molecular formula is C21H25ClN2O4S. The van der Waals surface area contributed by atoms with E-state index in [1.54, 1.807) is 0 Å². The third kappa shape index (κ3) is 5.29. The Balaban J connectivity index is 1.70. The smallest absolute Gasteiger partial charge is 0.337 e. The Labute approximate surface area is 176 Å². The molecule has 0 saturated carbocycles. The lowest BCUT2D eigenvalue weighted by Crippen LogP contribution is -2.34. The number of benzene rings is 2. The zero-order valence-electron chi connectivity index (χ0n) is 16.5. The number of halogens is 1. The second kappa shape index (κ2) is 9.15. The van der Waals surface area contributed by atoms with Gasteiger partial charge in [0.2, 0.25) is 10.0 Å². The van der Waals surface area contributed by atoms with E-state index in [4.69, 9.17) is 11.6 Å². The van der Waals surface area contributed by atoms with Gasteiger partial charge in [0.05, 0.1) is 17.7 Å². The molecule has 1 saturated heterocycles. The van der Waals surface area contributed by atoms with Crippen LogP contribution in [0.25, 0.3) is 0 Å². The maximum absolute atomic E-state index is 12.7. The zero-order valence-corrected chi connectivity index (χ0v) is 18.1. The molecule has 1 N–H and O–H groups in total. The second-order valence-electron chi connectivity index (χ2n) is 7.32. The minimum atomic E-state index is -3.89. The molecule has 156 valence electrons. The van der Waals surface area contributed by atoms with E-state index in [1.807, 2.05) is 24.3 Å². The van der Waals surface area contributed by atoms with E-state index in [1.165, 1.54) is 38.2 Å². The SMILES string of the molecule is COC(=O)c1ccc(Cl)c(S(=O)(=O)NCc2ccc(N3CCC[C@H](C)C3)cc2)c1. The normalized spacial score (nSPS) is 17.2. The molecule has 3 rings (SSSR count). The van der Waals surface area contributed by atoms with Crippen LogP contribution in [0.4, 0.5) is 5.69 Å². The van der Waals surface area contributed by atoms with Crippen LogP contribution in [-0.2, 0) is 21.3 Å². The highest BCUT2D eigenvalue weighted by Gasteiger charge is 2.21. The van der Waals surface area contributed by atoms with Gasteiger partial charge in [0.15, 0.2) is 0 Å². The lowest BCUT2D eigenvalue weighted by Gasteiger charge is -2.32.